The van der Waals surface area contributed by atoms with E-state index in [-0.39, 0.29) is 5.82 Å². The third-order valence-electron chi connectivity index (χ3n) is 3.21. The van der Waals surface area contributed by atoms with Gasteiger partial charge in [-0.15, -0.1) is 5.10 Å². The molecule has 0 bridgehead atoms. The van der Waals surface area contributed by atoms with E-state index in [1.54, 1.807) is 23.2 Å². The average Bonchev–Trinajstić information content (AvgIpc) is 3.22. The van der Waals surface area contributed by atoms with Gasteiger partial charge in [-0.1, -0.05) is 0 Å². The number of rotatable bonds is 4. The van der Waals surface area contributed by atoms with E-state index in [2.05, 4.69) is 30.4 Å². The number of hydrogen-bond acceptors (Lipinski definition) is 7. The van der Waals surface area contributed by atoms with Crippen LogP contribution in [-0.4, -0.2) is 44.5 Å². The second kappa shape index (κ2) is 4.58. The largest absolute Gasteiger partial charge is 0.389 e. The average molecular weight is 299 g/mol. The van der Waals surface area contributed by atoms with Crippen LogP contribution in [0.15, 0.2) is 24.8 Å². The van der Waals surface area contributed by atoms with Gasteiger partial charge < -0.3 is 10.1 Å². The fraction of sp³-hybridized carbons (Fsp3) is 0.182. The summed E-state index contributed by atoms with van der Waals surface area (Å²) >= 11 is 0. The smallest absolute Gasteiger partial charge is 0.358 e. The summed E-state index contributed by atoms with van der Waals surface area (Å²) in [5, 5.41) is 26.3. The van der Waals surface area contributed by atoms with Crippen molar-refractivity contribution in [3.8, 4) is 0 Å². The van der Waals surface area contributed by atoms with Gasteiger partial charge in [0.2, 0.25) is 0 Å². The molecule has 11 heteroatoms. The van der Waals surface area contributed by atoms with Crippen molar-refractivity contribution in [3.05, 3.63) is 40.7 Å². The molecule has 0 aromatic carbocycles. The zero-order chi connectivity index (χ0) is 15.1. The molecule has 110 valence electrons. The minimum atomic E-state index is -0.527. The SMILES string of the molecule is O=[N+]([O-])c1ccn(CCc2nc3c4cn[nH]c4ncn3n2)n1. The van der Waals surface area contributed by atoms with E-state index in [0.717, 1.165) is 5.39 Å². The lowest BCUT2D eigenvalue weighted by Crippen LogP contribution is -2.04. The van der Waals surface area contributed by atoms with E-state index < -0.39 is 4.92 Å². The second-order valence-corrected chi connectivity index (χ2v) is 4.62. The first-order valence-corrected chi connectivity index (χ1v) is 6.42. The molecular formula is C11H9N9O2. The van der Waals surface area contributed by atoms with Gasteiger partial charge in [0.05, 0.1) is 35.5 Å². The van der Waals surface area contributed by atoms with Crippen molar-refractivity contribution in [1.29, 1.82) is 0 Å². The Balaban J connectivity index is 1.59. The third kappa shape index (κ3) is 1.95. The molecule has 0 saturated heterocycles. The predicted octanol–water partition coefficient (Wildman–Crippen LogP) is 0.348. The number of aromatic nitrogens is 8. The lowest BCUT2D eigenvalue weighted by Gasteiger charge is -1.92. The standard InChI is InChI=1S/C11H9N9O2/c21-20(22)9-2-4-18(17-9)3-1-8-14-11-7-5-13-15-10(7)12-6-19(11)16-8/h2,4-6H,1,3H2,(H,13,15). The topological polar surface area (TPSA) is 133 Å². The molecule has 4 aromatic rings. The summed E-state index contributed by atoms with van der Waals surface area (Å²) in [5.41, 5.74) is 1.31. The number of H-pyrrole nitrogens is 1. The van der Waals surface area contributed by atoms with Crippen LogP contribution < -0.4 is 0 Å². The number of fused-ring (bicyclic) bond motifs is 3. The van der Waals surface area contributed by atoms with Crippen molar-refractivity contribution in [2.75, 3.05) is 0 Å². The van der Waals surface area contributed by atoms with E-state index in [4.69, 9.17) is 0 Å². The summed E-state index contributed by atoms with van der Waals surface area (Å²) in [6, 6.07) is 1.36. The molecule has 0 saturated carbocycles. The molecule has 0 aliphatic carbocycles. The first-order valence-electron chi connectivity index (χ1n) is 6.42. The third-order valence-corrected chi connectivity index (χ3v) is 3.21. The Morgan fingerprint density at radius 1 is 1.36 bits per heavy atom. The summed E-state index contributed by atoms with van der Waals surface area (Å²) in [6.07, 6.45) is 5.27. The first kappa shape index (κ1) is 12.4. The van der Waals surface area contributed by atoms with Crippen LogP contribution in [0.4, 0.5) is 5.82 Å². The Morgan fingerprint density at radius 2 is 2.27 bits per heavy atom. The van der Waals surface area contributed by atoms with Crippen LogP contribution in [0.2, 0.25) is 0 Å². The molecule has 1 N–H and O–H groups in total. The zero-order valence-electron chi connectivity index (χ0n) is 11.1. The maximum absolute atomic E-state index is 10.6. The maximum atomic E-state index is 10.6. The molecule has 4 rings (SSSR count). The number of aromatic amines is 1. The van der Waals surface area contributed by atoms with Gasteiger partial charge in [0.15, 0.2) is 17.1 Å². The van der Waals surface area contributed by atoms with Gasteiger partial charge in [0, 0.05) is 6.42 Å². The normalized spacial score (nSPS) is 11.5. The molecule has 0 aliphatic rings. The second-order valence-electron chi connectivity index (χ2n) is 4.62. The Bertz CT molecular complexity index is 982. The Morgan fingerprint density at radius 3 is 3.09 bits per heavy atom. The minimum Gasteiger partial charge on any atom is -0.358 e. The molecule has 0 fully saturated rings. The Labute approximate surface area is 121 Å². The van der Waals surface area contributed by atoms with Crippen molar-refractivity contribution < 1.29 is 4.92 Å². The number of hydrogen-bond donors (Lipinski definition) is 1. The number of nitrogens with zero attached hydrogens (tertiary/aromatic N) is 8. The van der Waals surface area contributed by atoms with E-state index in [1.165, 1.54) is 10.7 Å². The monoisotopic (exact) mass is 299 g/mol. The van der Waals surface area contributed by atoms with Crippen LogP contribution in [0.3, 0.4) is 0 Å². The van der Waals surface area contributed by atoms with Crippen molar-refractivity contribution in [2.24, 2.45) is 0 Å². The molecule has 22 heavy (non-hydrogen) atoms. The van der Waals surface area contributed by atoms with E-state index in [1.807, 2.05) is 0 Å². The molecule has 11 nitrogen and oxygen atoms in total. The molecule has 0 amide bonds. The van der Waals surface area contributed by atoms with Crippen molar-refractivity contribution >= 4 is 22.5 Å². The summed E-state index contributed by atoms with van der Waals surface area (Å²) in [7, 11) is 0. The molecule has 0 unspecified atom stereocenters. The highest BCUT2D eigenvalue weighted by molar-refractivity contribution is 5.87. The van der Waals surface area contributed by atoms with Gasteiger partial charge in [0.1, 0.15) is 6.33 Å². The number of nitrogens with one attached hydrogen (secondary N) is 1. The Hall–Kier alpha value is -3.37. The highest BCUT2D eigenvalue weighted by Crippen LogP contribution is 2.13. The molecule has 0 radical (unpaired) electrons. The predicted molar refractivity (Wildman–Crippen MR) is 73.0 cm³/mol. The summed E-state index contributed by atoms with van der Waals surface area (Å²) in [6.45, 7) is 0.451. The van der Waals surface area contributed by atoms with Crippen molar-refractivity contribution in [2.45, 2.75) is 13.0 Å². The zero-order valence-corrected chi connectivity index (χ0v) is 11.1. The van der Waals surface area contributed by atoms with Gasteiger partial charge in [0.25, 0.3) is 0 Å². The Kier molecular flexibility index (Phi) is 2.58. The van der Waals surface area contributed by atoms with E-state index in [9.17, 15) is 10.1 Å². The van der Waals surface area contributed by atoms with Crippen molar-refractivity contribution in [3.63, 3.8) is 0 Å². The molecule has 4 heterocycles. The fourth-order valence-electron chi connectivity index (χ4n) is 2.18. The lowest BCUT2D eigenvalue weighted by atomic mass is 10.4. The maximum Gasteiger partial charge on any atom is 0.389 e. The number of nitro groups is 1. The highest BCUT2D eigenvalue weighted by atomic mass is 16.6. The molecular weight excluding hydrogens is 290 g/mol. The van der Waals surface area contributed by atoms with Crippen LogP contribution in [0.5, 0.6) is 0 Å². The van der Waals surface area contributed by atoms with Crippen LogP contribution in [0.1, 0.15) is 5.82 Å². The molecule has 0 aliphatic heterocycles. The summed E-state index contributed by atoms with van der Waals surface area (Å²) in [4.78, 5) is 18.7. The molecule has 0 spiro atoms. The molecule has 4 aromatic heterocycles. The van der Waals surface area contributed by atoms with Crippen LogP contribution >= 0.6 is 0 Å². The summed E-state index contributed by atoms with van der Waals surface area (Å²) < 4.78 is 3.08. The van der Waals surface area contributed by atoms with Crippen LogP contribution in [-0.2, 0) is 13.0 Å². The van der Waals surface area contributed by atoms with Crippen LogP contribution in [0.25, 0.3) is 16.7 Å². The van der Waals surface area contributed by atoms with Gasteiger partial charge in [-0.05, 0) is 4.92 Å². The quantitative estimate of drug-likeness (QED) is 0.424. The van der Waals surface area contributed by atoms with Gasteiger partial charge in [-0.25, -0.2) is 14.5 Å². The minimum absolute atomic E-state index is 0.174. The lowest BCUT2D eigenvalue weighted by molar-refractivity contribution is -0.389. The van der Waals surface area contributed by atoms with Crippen LogP contribution in [0, 0.1) is 10.1 Å². The first-order chi connectivity index (χ1) is 10.7. The van der Waals surface area contributed by atoms with Crippen molar-refractivity contribution in [1.82, 2.24) is 39.6 Å². The van der Waals surface area contributed by atoms with Gasteiger partial charge in [-0.3, -0.25) is 5.10 Å². The molecule has 0 atom stereocenters. The van der Waals surface area contributed by atoms with Gasteiger partial charge >= 0.3 is 5.82 Å². The summed E-state index contributed by atoms with van der Waals surface area (Å²) in [5.74, 6) is 0.431. The van der Waals surface area contributed by atoms with E-state index in [0.29, 0.717) is 30.1 Å². The van der Waals surface area contributed by atoms with Gasteiger partial charge in [-0.2, -0.15) is 9.78 Å². The fourth-order valence-corrected chi connectivity index (χ4v) is 2.18. The number of aryl methyl sites for hydroxylation is 2. The van der Waals surface area contributed by atoms with E-state index >= 15 is 0 Å². The highest BCUT2D eigenvalue weighted by Gasteiger charge is 2.13.